The summed E-state index contributed by atoms with van der Waals surface area (Å²) in [5.41, 5.74) is 2.48. The van der Waals surface area contributed by atoms with E-state index in [-0.39, 0.29) is 0 Å². The van der Waals surface area contributed by atoms with Crippen molar-refractivity contribution in [3.63, 3.8) is 0 Å². The van der Waals surface area contributed by atoms with Crippen LogP contribution in [0.15, 0.2) is 30.8 Å². The fourth-order valence-electron chi connectivity index (χ4n) is 2.86. The Bertz CT molecular complexity index is 419. The van der Waals surface area contributed by atoms with E-state index in [2.05, 4.69) is 63.1 Å². The highest BCUT2D eigenvalue weighted by Crippen LogP contribution is 2.12. The Kier molecular flexibility index (Phi) is 8.63. The van der Waals surface area contributed by atoms with Crippen LogP contribution >= 0.6 is 0 Å². The van der Waals surface area contributed by atoms with Gasteiger partial charge >= 0.3 is 0 Å². The minimum absolute atomic E-state index is 1.03. The lowest BCUT2D eigenvalue weighted by Gasteiger charge is -2.30. The highest BCUT2D eigenvalue weighted by molar-refractivity contribution is 6.70. The molecule has 1 unspecified atom stereocenters. The number of hydrogen-bond acceptors (Lipinski definition) is 1. The van der Waals surface area contributed by atoms with Crippen molar-refractivity contribution in [1.29, 1.82) is 0 Å². The van der Waals surface area contributed by atoms with Gasteiger partial charge in [0.2, 0.25) is 0 Å². The quantitative estimate of drug-likeness (QED) is 0.572. The predicted molar refractivity (Wildman–Crippen MR) is 99.8 cm³/mol. The first-order valence-corrected chi connectivity index (χ1v) is 10.5. The first-order chi connectivity index (χ1) is 10.1. The molecule has 1 nitrogen and oxygen atoms in total. The minimum Gasteiger partial charge on any atom is -0.322 e. The summed E-state index contributed by atoms with van der Waals surface area (Å²) in [6.45, 7) is 15.7. The lowest BCUT2D eigenvalue weighted by atomic mass is 10.1. The number of allylic oxidation sites excluding steroid dienone is 1. The Balaban J connectivity index is 2.94. The van der Waals surface area contributed by atoms with Crippen molar-refractivity contribution in [3.05, 3.63) is 36.4 Å². The zero-order chi connectivity index (χ0) is 15.7. The Morgan fingerprint density at radius 1 is 1.10 bits per heavy atom. The van der Waals surface area contributed by atoms with E-state index < -0.39 is 8.96 Å². The van der Waals surface area contributed by atoms with Gasteiger partial charge in [-0.1, -0.05) is 70.0 Å². The van der Waals surface area contributed by atoms with Gasteiger partial charge in [0.25, 0.3) is 0 Å². The van der Waals surface area contributed by atoms with E-state index >= 15 is 0 Å². The van der Waals surface area contributed by atoms with Crippen LogP contribution in [0.1, 0.15) is 58.9 Å². The molecule has 0 radical (unpaired) electrons. The molecule has 0 amide bonds. The van der Waals surface area contributed by atoms with Gasteiger partial charge in [-0.25, -0.2) is 0 Å². The molecule has 0 heterocycles. The molecular formula is C19H33NSi. The van der Waals surface area contributed by atoms with Gasteiger partial charge in [0.15, 0.2) is 0 Å². The SMILES string of the molecule is C=C(C)c1cccc([SiH](CC)N(CCCC)CCCC)c1. The molecule has 0 aliphatic heterocycles. The van der Waals surface area contributed by atoms with Crippen molar-refractivity contribution in [2.75, 3.05) is 13.1 Å². The Morgan fingerprint density at radius 3 is 2.19 bits per heavy atom. The van der Waals surface area contributed by atoms with Crippen LogP contribution in [0.5, 0.6) is 0 Å². The molecule has 0 fully saturated rings. The Morgan fingerprint density at radius 2 is 1.71 bits per heavy atom. The van der Waals surface area contributed by atoms with E-state index in [1.807, 2.05) is 0 Å². The summed E-state index contributed by atoms with van der Waals surface area (Å²) in [5, 5.41) is 1.59. The zero-order valence-electron chi connectivity index (χ0n) is 14.5. The highest BCUT2D eigenvalue weighted by atomic mass is 28.3. The summed E-state index contributed by atoms with van der Waals surface area (Å²) in [6.07, 6.45) is 5.24. The monoisotopic (exact) mass is 303 g/mol. The van der Waals surface area contributed by atoms with Crippen LogP contribution < -0.4 is 5.19 Å². The van der Waals surface area contributed by atoms with Crippen molar-refractivity contribution in [2.45, 2.75) is 59.4 Å². The predicted octanol–water partition coefficient (Wildman–Crippen LogP) is 4.57. The summed E-state index contributed by atoms with van der Waals surface area (Å²) in [4.78, 5) is 0. The van der Waals surface area contributed by atoms with E-state index in [1.54, 1.807) is 5.19 Å². The van der Waals surface area contributed by atoms with E-state index in [9.17, 15) is 0 Å². The van der Waals surface area contributed by atoms with Gasteiger partial charge in [0, 0.05) is 0 Å². The molecule has 0 bridgehead atoms. The highest BCUT2D eigenvalue weighted by Gasteiger charge is 2.20. The smallest absolute Gasteiger partial charge is 0.143 e. The maximum atomic E-state index is 4.10. The molecule has 0 saturated carbocycles. The third-order valence-corrected chi connectivity index (χ3v) is 7.49. The number of nitrogens with zero attached hydrogens (tertiary/aromatic N) is 1. The fourth-order valence-corrected chi connectivity index (χ4v) is 5.97. The maximum absolute atomic E-state index is 4.10. The molecule has 0 spiro atoms. The Hall–Kier alpha value is -0.863. The molecule has 0 aromatic heterocycles. The van der Waals surface area contributed by atoms with E-state index in [4.69, 9.17) is 0 Å². The Labute approximate surface area is 133 Å². The molecule has 118 valence electrons. The van der Waals surface area contributed by atoms with Gasteiger partial charge in [0.05, 0.1) is 0 Å². The third-order valence-electron chi connectivity index (χ3n) is 4.19. The second-order valence-electron chi connectivity index (χ2n) is 6.07. The number of rotatable bonds is 10. The third kappa shape index (κ3) is 5.80. The normalized spacial score (nSPS) is 12.6. The largest absolute Gasteiger partial charge is 0.322 e. The van der Waals surface area contributed by atoms with Crippen LogP contribution in [-0.2, 0) is 0 Å². The lowest BCUT2D eigenvalue weighted by molar-refractivity contribution is 0.413. The second-order valence-corrected chi connectivity index (χ2v) is 9.32. The van der Waals surface area contributed by atoms with Crippen LogP contribution in [0.3, 0.4) is 0 Å². The first kappa shape index (κ1) is 18.2. The van der Waals surface area contributed by atoms with Crippen molar-refractivity contribution < 1.29 is 0 Å². The average Bonchev–Trinajstić information content (AvgIpc) is 2.50. The first-order valence-electron chi connectivity index (χ1n) is 8.63. The van der Waals surface area contributed by atoms with Gasteiger partial charge in [-0.15, -0.1) is 0 Å². The van der Waals surface area contributed by atoms with Gasteiger partial charge < -0.3 is 4.57 Å². The van der Waals surface area contributed by atoms with Crippen LogP contribution in [0.2, 0.25) is 6.04 Å². The fraction of sp³-hybridized carbons (Fsp3) is 0.579. The summed E-state index contributed by atoms with van der Waals surface area (Å²) in [7, 11) is -1.03. The molecule has 1 rings (SSSR count). The van der Waals surface area contributed by atoms with Gasteiger partial charge in [-0.3, -0.25) is 0 Å². The van der Waals surface area contributed by atoms with Crippen molar-refractivity contribution in [2.24, 2.45) is 0 Å². The lowest BCUT2D eigenvalue weighted by Crippen LogP contribution is -2.48. The topological polar surface area (TPSA) is 3.24 Å². The molecule has 1 atom stereocenters. The molecule has 0 saturated heterocycles. The summed E-state index contributed by atoms with van der Waals surface area (Å²) < 4.78 is 2.82. The molecule has 0 N–H and O–H groups in total. The molecule has 1 aromatic carbocycles. The van der Waals surface area contributed by atoms with Gasteiger partial charge in [0.1, 0.15) is 8.96 Å². The number of unbranched alkanes of at least 4 members (excludes halogenated alkanes) is 2. The summed E-state index contributed by atoms with van der Waals surface area (Å²) >= 11 is 0. The summed E-state index contributed by atoms with van der Waals surface area (Å²) in [6, 6.07) is 10.5. The van der Waals surface area contributed by atoms with E-state index in [0.717, 1.165) is 0 Å². The number of benzene rings is 1. The van der Waals surface area contributed by atoms with Crippen molar-refractivity contribution in [3.8, 4) is 0 Å². The van der Waals surface area contributed by atoms with Crippen molar-refractivity contribution >= 4 is 19.7 Å². The summed E-state index contributed by atoms with van der Waals surface area (Å²) in [5.74, 6) is 0. The molecule has 21 heavy (non-hydrogen) atoms. The van der Waals surface area contributed by atoms with Crippen LogP contribution in [-0.4, -0.2) is 26.6 Å². The molecule has 2 heteroatoms. The maximum Gasteiger partial charge on any atom is 0.143 e. The van der Waals surface area contributed by atoms with Gasteiger partial charge in [-0.2, -0.15) is 0 Å². The van der Waals surface area contributed by atoms with Crippen LogP contribution in [0.4, 0.5) is 0 Å². The molecule has 0 aliphatic rings. The van der Waals surface area contributed by atoms with Crippen molar-refractivity contribution in [1.82, 2.24) is 4.57 Å². The minimum atomic E-state index is -1.03. The zero-order valence-corrected chi connectivity index (χ0v) is 15.6. The molecule has 1 aromatic rings. The molecular weight excluding hydrogens is 270 g/mol. The number of hydrogen-bond donors (Lipinski definition) is 0. The van der Waals surface area contributed by atoms with Crippen LogP contribution in [0.25, 0.3) is 5.57 Å². The average molecular weight is 304 g/mol. The van der Waals surface area contributed by atoms with E-state index in [1.165, 1.54) is 56.0 Å². The van der Waals surface area contributed by atoms with Crippen LogP contribution in [0, 0.1) is 0 Å². The standard InChI is InChI=1S/C19H33NSi/c1-6-9-14-20(15-10-7-2)21(8-3)19-13-11-12-18(16-19)17(4)5/h11-13,16,21H,4,6-10,14-15H2,1-3,5H3. The second kappa shape index (κ2) is 9.96. The van der Waals surface area contributed by atoms with Gasteiger partial charge in [-0.05, 0) is 49.6 Å². The molecule has 0 aliphatic carbocycles. The van der Waals surface area contributed by atoms with E-state index in [0.29, 0.717) is 0 Å².